The first-order chi connectivity index (χ1) is 16.4. The number of carbonyl (C=O) groups excluding carboxylic acids is 2. The van der Waals surface area contributed by atoms with Crippen LogP contribution in [0, 0.1) is 13.8 Å². The highest BCUT2D eigenvalue weighted by Crippen LogP contribution is 2.34. The fourth-order valence-corrected chi connectivity index (χ4v) is 4.84. The van der Waals surface area contributed by atoms with Crippen molar-refractivity contribution in [3.8, 4) is 0 Å². The van der Waals surface area contributed by atoms with E-state index in [-0.39, 0.29) is 30.5 Å². The van der Waals surface area contributed by atoms with Crippen molar-refractivity contribution in [2.24, 2.45) is 5.10 Å². The lowest BCUT2D eigenvalue weighted by atomic mass is 9.96. The van der Waals surface area contributed by atoms with Gasteiger partial charge in [0.15, 0.2) is 0 Å². The Hall–Kier alpha value is -2.70. The normalized spacial score (nSPS) is 20.8. The van der Waals surface area contributed by atoms with Gasteiger partial charge in [0.2, 0.25) is 0 Å². The maximum Gasteiger partial charge on any atom is 0.323 e. The van der Waals surface area contributed by atoms with Gasteiger partial charge in [0.05, 0.1) is 24.9 Å². The molecule has 2 aromatic carbocycles. The number of hydrogen-bond donors (Lipinski definition) is 0. The first-order valence-electron chi connectivity index (χ1n) is 12.0. The Kier molecular flexibility index (Phi) is 7.69. The van der Waals surface area contributed by atoms with E-state index in [1.54, 1.807) is 11.9 Å². The van der Waals surface area contributed by atoms with Gasteiger partial charge in [-0.1, -0.05) is 42.3 Å². The summed E-state index contributed by atoms with van der Waals surface area (Å²) in [5.74, 6) is -0.361. The van der Waals surface area contributed by atoms with E-state index in [0.717, 1.165) is 29.7 Å². The molecule has 180 valence electrons. The summed E-state index contributed by atoms with van der Waals surface area (Å²) in [6.45, 7) is 7.14. The molecule has 0 bridgehead atoms. The molecule has 2 aliphatic heterocycles. The van der Waals surface area contributed by atoms with Crippen LogP contribution in [0.4, 0.5) is 0 Å². The molecule has 2 atom stereocenters. The number of ether oxygens (including phenoxy) is 1. The molecule has 1 amide bonds. The molecular weight excluding hydrogens is 450 g/mol. The summed E-state index contributed by atoms with van der Waals surface area (Å²) in [6, 6.07) is 13.3. The second kappa shape index (κ2) is 10.7. The molecular formula is C27H32ClN3O3. The highest BCUT2D eigenvalue weighted by molar-refractivity contribution is 6.30. The van der Waals surface area contributed by atoms with E-state index in [4.69, 9.17) is 21.4 Å². The largest absolute Gasteiger partial charge is 0.465 e. The van der Waals surface area contributed by atoms with Crippen molar-refractivity contribution >= 4 is 29.2 Å². The van der Waals surface area contributed by atoms with Crippen LogP contribution in [0.2, 0.25) is 5.02 Å². The van der Waals surface area contributed by atoms with Gasteiger partial charge in [0, 0.05) is 11.4 Å². The summed E-state index contributed by atoms with van der Waals surface area (Å²) >= 11 is 6.11. The van der Waals surface area contributed by atoms with Crippen LogP contribution in [-0.4, -0.2) is 53.2 Å². The van der Waals surface area contributed by atoms with Gasteiger partial charge in [-0.05, 0) is 80.6 Å². The van der Waals surface area contributed by atoms with Crippen molar-refractivity contribution < 1.29 is 14.3 Å². The van der Waals surface area contributed by atoms with Crippen molar-refractivity contribution in [3.63, 3.8) is 0 Å². The number of carbonyl (C=O) groups is 2. The van der Waals surface area contributed by atoms with Crippen LogP contribution in [0.1, 0.15) is 60.9 Å². The number of esters is 1. The number of benzene rings is 2. The molecule has 0 aliphatic carbocycles. The van der Waals surface area contributed by atoms with Gasteiger partial charge in [-0.25, -0.2) is 5.01 Å². The Morgan fingerprint density at radius 1 is 1.09 bits per heavy atom. The fourth-order valence-electron chi connectivity index (χ4n) is 4.71. The molecule has 4 rings (SSSR count). The van der Waals surface area contributed by atoms with Crippen LogP contribution >= 0.6 is 11.6 Å². The van der Waals surface area contributed by atoms with Crippen molar-refractivity contribution in [1.82, 2.24) is 9.91 Å². The standard InChI is InChI=1S/C27H32ClN3O3/c1-4-34-27(33)24-7-5-6-14-30(24)17-26(32)31-25(20-10-12-22(28)13-11-20)16-23(29-31)21-9-8-18(2)19(3)15-21/h8-13,15,24-25H,4-7,14,16-17H2,1-3H3/t24-,25+/m0/s1. The number of rotatable bonds is 6. The number of nitrogens with zero attached hydrogens (tertiary/aromatic N) is 3. The molecule has 0 N–H and O–H groups in total. The van der Waals surface area contributed by atoms with Gasteiger partial charge < -0.3 is 4.74 Å². The first kappa shape index (κ1) is 24.4. The van der Waals surface area contributed by atoms with Crippen LogP contribution in [0.25, 0.3) is 0 Å². The van der Waals surface area contributed by atoms with Crippen LogP contribution in [0.5, 0.6) is 0 Å². The molecule has 2 aromatic rings. The zero-order valence-electron chi connectivity index (χ0n) is 20.1. The highest BCUT2D eigenvalue weighted by Gasteiger charge is 2.37. The lowest BCUT2D eigenvalue weighted by Gasteiger charge is -2.34. The van der Waals surface area contributed by atoms with E-state index in [1.165, 1.54) is 11.1 Å². The molecule has 0 saturated carbocycles. The second-order valence-corrected chi connectivity index (χ2v) is 9.53. The lowest BCUT2D eigenvalue weighted by molar-refractivity contribution is -0.152. The third-order valence-corrected chi connectivity index (χ3v) is 7.02. The van der Waals surface area contributed by atoms with E-state index >= 15 is 0 Å². The molecule has 2 aliphatic rings. The van der Waals surface area contributed by atoms with Gasteiger partial charge >= 0.3 is 5.97 Å². The van der Waals surface area contributed by atoms with E-state index in [2.05, 4.69) is 32.0 Å². The maximum atomic E-state index is 13.6. The average molecular weight is 482 g/mol. The SMILES string of the molecule is CCOC(=O)[C@@H]1CCCCN1CC(=O)N1N=C(c2ccc(C)c(C)c2)C[C@@H]1c1ccc(Cl)cc1. The molecule has 0 spiro atoms. The van der Waals surface area contributed by atoms with Gasteiger partial charge in [0.25, 0.3) is 5.91 Å². The Morgan fingerprint density at radius 3 is 2.56 bits per heavy atom. The lowest BCUT2D eigenvalue weighted by Crippen LogP contribution is -2.49. The quantitative estimate of drug-likeness (QED) is 0.541. The van der Waals surface area contributed by atoms with Crippen molar-refractivity contribution in [2.75, 3.05) is 19.7 Å². The Labute approximate surface area is 206 Å². The molecule has 6 nitrogen and oxygen atoms in total. The summed E-state index contributed by atoms with van der Waals surface area (Å²) in [5.41, 5.74) is 5.32. The Morgan fingerprint density at radius 2 is 1.85 bits per heavy atom. The zero-order valence-corrected chi connectivity index (χ0v) is 20.8. The molecule has 1 saturated heterocycles. The van der Waals surface area contributed by atoms with E-state index in [9.17, 15) is 9.59 Å². The topological polar surface area (TPSA) is 62.2 Å². The molecule has 0 radical (unpaired) electrons. The summed E-state index contributed by atoms with van der Waals surface area (Å²) in [5, 5.41) is 7.06. The maximum absolute atomic E-state index is 13.6. The third-order valence-electron chi connectivity index (χ3n) is 6.77. The highest BCUT2D eigenvalue weighted by atomic mass is 35.5. The van der Waals surface area contributed by atoms with Gasteiger partial charge in [0.1, 0.15) is 6.04 Å². The number of hydrogen-bond acceptors (Lipinski definition) is 5. The average Bonchev–Trinajstić information content (AvgIpc) is 3.27. The van der Waals surface area contributed by atoms with Crippen molar-refractivity contribution in [3.05, 3.63) is 69.7 Å². The smallest absolute Gasteiger partial charge is 0.323 e. The molecule has 1 fully saturated rings. The predicted molar refractivity (Wildman–Crippen MR) is 134 cm³/mol. The fraction of sp³-hybridized carbons (Fsp3) is 0.444. The molecule has 0 unspecified atom stereocenters. The van der Waals surface area contributed by atoms with Gasteiger partial charge in [-0.15, -0.1) is 0 Å². The molecule has 7 heteroatoms. The van der Waals surface area contributed by atoms with Crippen LogP contribution in [0.3, 0.4) is 0 Å². The number of halogens is 1. The minimum absolute atomic E-state index is 0.116. The van der Waals surface area contributed by atoms with Gasteiger partial charge in [-0.3, -0.25) is 14.5 Å². The van der Waals surface area contributed by atoms with Crippen molar-refractivity contribution in [1.29, 1.82) is 0 Å². The zero-order chi connectivity index (χ0) is 24.2. The van der Waals surface area contributed by atoms with Crippen LogP contribution in [0.15, 0.2) is 47.6 Å². The summed E-state index contributed by atoms with van der Waals surface area (Å²) in [4.78, 5) is 28.0. The third kappa shape index (κ3) is 5.34. The van der Waals surface area contributed by atoms with E-state index in [1.807, 2.05) is 29.2 Å². The van der Waals surface area contributed by atoms with Crippen LogP contribution < -0.4 is 0 Å². The minimum atomic E-state index is -0.377. The predicted octanol–water partition coefficient (Wildman–Crippen LogP) is 5.05. The van der Waals surface area contributed by atoms with E-state index in [0.29, 0.717) is 31.0 Å². The van der Waals surface area contributed by atoms with E-state index < -0.39 is 0 Å². The Balaban J connectivity index is 1.61. The molecule has 34 heavy (non-hydrogen) atoms. The molecule has 0 aromatic heterocycles. The second-order valence-electron chi connectivity index (χ2n) is 9.09. The van der Waals surface area contributed by atoms with Crippen LogP contribution in [-0.2, 0) is 14.3 Å². The number of hydrazone groups is 1. The minimum Gasteiger partial charge on any atom is -0.465 e. The Bertz CT molecular complexity index is 1080. The number of aryl methyl sites for hydroxylation is 2. The summed E-state index contributed by atoms with van der Waals surface area (Å²) < 4.78 is 5.27. The number of piperidine rings is 1. The monoisotopic (exact) mass is 481 g/mol. The molecule has 2 heterocycles. The number of amides is 1. The summed E-state index contributed by atoms with van der Waals surface area (Å²) in [7, 11) is 0. The van der Waals surface area contributed by atoms with Crippen molar-refractivity contribution in [2.45, 2.75) is 58.5 Å². The van der Waals surface area contributed by atoms with Gasteiger partial charge in [-0.2, -0.15) is 5.10 Å². The first-order valence-corrected chi connectivity index (χ1v) is 12.4. The summed E-state index contributed by atoms with van der Waals surface area (Å²) in [6.07, 6.45) is 3.25. The number of likely N-dealkylation sites (tertiary alicyclic amines) is 1.